The number of nitrogens with two attached hydrogens (primary N) is 1. The molecular formula is C14H23N3O2. The summed E-state index contributed by atoms with van der Waals surface area (Å²) in [5, 5.41) is 6.03. The molecule has 0 aliphatic rings. The Morgan fingerprint density at radius 1 is 1.37 bits per heavy atom. The summed E-state index contributed by atoms with van der Waals surface area (Å²) in [5.74, 6) is -0.0168. The molecule has 1 aromatic rings. The highest BCUT2D eigenvalue weighted by molar-refractivity contribution is 5.91. The second-order valence-electron chi connectivity index (χ2n) is 4.18. The highest BCUT2D eigenvalue weighted by Gasteiger charge is 2.03. The van der Waals surface area contributed by atoms with E-state index in [0.717, 1.165) is 37.6 Å². The van der Waals surface area contributed by atoms with Crippen molar-refractivity contribution in [3.05, 3.63) is 18.2 Å². The van der Waals surface area contributed by atoms with E-state index in [1.54, 1.807) is 6.07 Å². The number of hydrogen-bond donors (Lipinski definition) is 3. The number of amides is 1. The highest BCUT2D eigenvalue weighted by Crippen LogP contribution is 2.22. The summed E-state index contributed by atoms with van der Waals surface area (Å²) in [7, 11) is 0. The third kappa shape index (κ3) is 5.61. The highest BCUT2D eigenvalue weighted by atomic mass is 16.5. The maximum atomic E-state index is 11.3. The Balaban J connectivity index is 2.45. The minimum absolute atomic E-state index is 0.0168. The molecule has 4 N–H and O–H groups in total. The Hall–Kier alpha value is -1.75. The summed E-state index contributed by atoms with van der Waals surface area (Å²) in [6.45, 7) is 6.09. The number of benzene rings is 1. The molecular weight excluding hydrogens is 242 g/mol. The van der Waals surface area contributed by atoms with E-state index in [0.29, 0.717) is 12.1 Å². The zero-order valence-corrected chi connectivity index (χ0v) is 11.7. The van der Waals surface area contributed by atoms with Crippen molar-refractivity contribution in [2.24, 2.45) is 0 Å². The van der Waals surface area contributed by atoms with E-state index in [-0.39, 0.29) is 5.91 Å². The summed E-state index contributed by atoms with van der Waals surface area (Å²) in [6.07, 6.45) is 1.39. The molecule has 1 rings (SSSR count). The molecule has 0 aliphatic carbocycles. The van der Waals surface area contributed by atoms with Crippen molar-refractivity contribution >= 4 is 23.0 Å². The molecule has 0 aliphatic heterocycles. The van der Waals surface area contributed by atoms with Crippen LogP contribution in [0.2, 0.25) is 0 Å². The van der Waals surface area contributed by atoms with Crippen molar-refractivity contribution in [2.45, 2.75) is 26.7 Å². The van der Waals surface area contributed by atoms with Crippen molar-refractivity contribution in [3.8, 4) is 0 Å². The van der Waals surface area contributed by atoms with Crippen LogP contribution in [-0.4, -0.2) is 25.7 Å². The number of ether oxygens (including phenoxy) is 1. The van der Waals surface area contributed by atoms with E-state index in [1.165, 1.54) is 0 Å². The van der Waals surface area contributed by atoms with Crippen LogP contribution in [0.3, 0.4) is 0 Å². The average Bonchev–Trinajstić information content (AvgIpc) is 2.40. The molecule has 0 saturated carbocycles. The molecule has 0 radical (unpaired) electrons. The number of rotatable bonds is 8. The van der Waals surface area contributed by atoms with Gasteiger partial charge in [-0.2, -0.15) is 0 Å². The Bertz CT molecular complexity index is 408. The third-order valence-electron chi connectivity index (χ3n) is 2.64. The van der Waals surface area contributed by atoms with Crippen LogP contribution in [0.1, 0.15) is 26.7 Å². The van der Waals surface area contributed by atoms with Gasteiger partial charge in [0.25, 0.3) is 0 Å². The lowest BCUT2D eigenvalue weighted by atomic mass is 10.2. The molecule has 0 saturated heterocycles. The van der Waals surface area contributed by atoms with Crippen LogP contribution >= 0.6 is 0 Å². The molecule has 1 aromatic carbocycles. The minimum atomic E-state index is -0.0168. The third-order valence-corrected chi connectivity index (χ3v) is 2.64. The second kappa shape index (κ2) is 8.37. The van der Waals surface area contributed by atoms with Gasteiger partial charge in [-0.25, -0.2) is 0 Å². The SMILES string of the molecule is CCOCCCNc1ccc(NC(=O)CC)cc1N. The van der Waals surface area contributed by atoms with Gasteiger partial charge in [-0.15, -0.1) is 0 Å². The standard InChI is InChI=1S/C14H23N3O2/c1-3-14(18)17-11-6-7-13(12(15)10-11)16-8-5-9-19-4-2/h6-7,10,16H,3-5,8-9,15H2,1-2H3,(H,17,18). The monoisotopic (exact) mass is 265 g/mol. The first-order chi connectivity index (χ1) is 9.17. The average molecular weight is 265 g/mol. The number of carbonyl (C=O) groups excluding carboxylic acids is 1. The molecule has 19 heavy (non-hydrogen) atoms. The first-order valence-electron chi connectivity index (χ1n) is 6.68. The lowest BCUT2D eigenvalue weighted by Crippen LogP contribution is -2.11. The number of carbonyl (C=O) groups is 1. The molecule has 0 bridgehead atoms. The van der Waals surface area contributed by atoms with Crippen LogP contribution in [0.4, 0.5) is 17.1 Å². The molecule has 0 atom stereocenters. The van der Waals surface area contributed by atoms with Crippen LogP contribution < -0.4 is 16.4 Å². The number of hydrogen-bond acceptors (Lipinski definition) is 4. The summed E-state index contributed by atoms with van der Waals surface area (Å²) in [5.41, 5.74) is 8.17. The molecule has 0 aromatic heterocycles. The first-order valence-corrected chi connectivity index (χ1v) is 6.68. The van der Waals surface area contributed by atoms with E-state index >= 15 is 0 Å². The Kier molecular flexibility index (Phi) is 6.74. The van der Waals surface area contributed by atoms with Crippen molar-refractivity contribution in [1.82, 2.24) is 0 Å². The number of nitrogens with one attached hydrogen (secondary N) is 2. The molecule has 106 valence electrons. The second-order valence-corrected chi connectivity index (χ2v) is 4.18. The fourth-order valence-electron chi connectivity index (χ4n) is 1.59. The van der Waals surface area contributed by atoms with Crippen LogP contribution in [-0.2, 0) is 9.53 Å². The van der Waals surface area contributed by atoms with Crippen LogP contribution in [0.15, 0.2) is 18.2 Å². The minimum Gasteiger partial charge on any atom is -0.397 e. The summed E-state index contributed by atoms with van der Waals surface area (Å²) in [6, 6.07) is 5.48. The van der Waals surface area contributed by atoms with Crippen molar-refractivity contribution in [1.29, 1.82) is 0 Å². The van der Waals surface area contributed by atoms with Gasteiger partial charge in [0, 0.05) is 31.9 Å². The van der Waals surface area contributed by atoms with Crippen LogP contribution in [0, 0.1) is 0 Å². The Morgan fingerprint density at radius 3 is 2.79 bits per heavy atom. The summed E-state index contributed by atoms with van der Waals surface area (Å²) >= 11 is 0. The molecule has 1 amide bonds. The van der Waals surface area contributed by atoms with Crippen molar-refractivity contribution in [3.63, 3.8) is 0 Å². The fourth-order valence-corrected chi connectivity index (χ4v) is 1.59. The Labute approximate surface area is 114 Å². The van der Waals surface area contributed by atoms with Crippen molar-refractivity contribution < 1.29 is 9.53 Å². The largest absolute Gasteiger partial charge is 0.397 e. The first kappa shape index (κ1) is 15.3. The maximum Gasteiger partial charge on any atom is 0.224 e. The van der Waals surface area contributed by atoms with E-state index < -0.39 is 0 Å². The zero-order chi connectivity index (χ0) is 14.1. The van der Waals surface area contributed by atoms with Gasteiger partial charge in [-0.3, -0.25) is 4.79 Å². The lowest BCUT2D eigenvalue weighted by molar-refractivity contribution is -0.115. The normalized spacial score (nSPS) is 10.2. The number of anilines is 3. The van der Waals surface area contributed by atoms with Gasteiger partial charge in [0.05, 0.1) is 11.4 Å². The van der Waals surface area contributed by atoms with Gasteiger partial charge < -0.3 is 21.1 Å². The van der Waals surface area contributed by atoms with Crippen LogP contribution in [0.25, 0.3) is 0 Å². The predicted molar refractivity (Wildman–Crippen MR) is 79.4 cm³/mol. The molecule has 0 fully saturated rings. The van der Waals surface area contributed by atoms with Gasteiger partial charge in [0.2, 0.25) is 5.91 Å². The fraction of sp³-hybridized carbons (Fsp3) is 0.500. The Morgan fingerprint density at radius 2 is 2.16 bits per heavy atom. The zero-order valence-electron chi connectivity index (χ0n) is 11.7. The van der Waals surface area contributed by atoms with Gasteiger partial charge in [0.15, 0.2) is 0 Å². The van der Waals surface area contributed by atoms with Crippen LogP contribution in [0.5, 0.6) is 0 Å². The predicted octanol–water partition coefficient (Wildman–Crippen LogP) is 2.46. The van der Waals surface area contributed by atoms with E-state index in [9.17, 15) is 4.79 Å². The van der Waals surface area contributed by atoms with Gasteiger partial charge in [-0.1, -0.05) is 6.92 Å². The number of nitrogen functional groups attached to an aromatic ring is 1. The van der Waals surface area contributed by atoms with Gasteiger partial charge in [0.1, 0.15) is 0 Å². The van der Waals surface area contributed by atoms with E-state index in [2.05, 4.69) is 10.6 Å². The maximum absolute atomic E-state index is 11.3. The van der Waals surface area contributed by atoms with Crippen molar-refractivity contribution in [2.75, 3.05) is 36.1 Å². The van der Waals surface area contributed by atoms with Gasteiger partial charge in [-0.05, 0) is 31.5 Å². The summed E-state index contributed by atoms with van der Waals surface area (Å²) < 4.78 is 5.26. The molecule has 5 heteroatoms. The molecule has 0 heterocycles. The summed E-state index contributed by atoms with van der Waals surface area (Å²) in [4.78, 5) is 11.3. The quantitative estimate of drug-likeness (QED) is 0.498. The molecule has 5 nitrogen and oxygen atoms in total. The van der Waals surface area contributed by atoms with Gasteiger partial charge >= 0.3 is 0 Å². The van der Waals surface area contributed by atoms with E-state index in [4.69, 9.17) is 10.5 Å². The van der Waals surface area contributed by atoms with E-state index in [1.807, 2.05) is 26.0 Å². The molecule has 0 unspecified atom stereocenters. The topological polar surface area (TPSA) is 76.4 Å². The lowest BCUT2D eigenvalue weighted by Gasteiger charge is -2.11. The smallest absolute Gasteiger partial charge is 0.224 e. The molecule has 0 spiro atoms.